The van der Waals surface area contributed by atoms with E-state index in [1.807, 2.05) is 6.07 Å². The van der Waals surface area contributed by atoms with Gasteiger partial charge in [-0.25, -0.2) is 8.78 Å². The lowest BCUT2D eigenvalue weighted by Gasteiger charge is -2.32. The number of methoxy groups -OCH3 is 2. The summed E-state index contributed by atoms with van der Waals surface area (Å²) in [6.07, 6.45) is 0.0570. The molecule has 1 aromatic heterocycles. The second-order valence-electron chi connectivity index (χ2n) is 6.81. The summed E-state index contributed by atoms with van der Waals surface area (Å²) in [5.41, 5.74) is 0.952. The monoisotopic (exact) mass is 432 g/mol. The van der Waals surface area contributed by atoms with Gasteiger partial charge in [0.05, 0.1) is 24.8 Å². The van der Waals surface area contributed by atoms with Gasteiger partial charge in [-0.2, -0.15) is 0 Å². The standard InChI is InChI=1S/C21H18F2N2O4S/c1-24-20-19(30-21(24)27)13(11-4-7-16(28-2)17(8-11)29-3)10-18(26)25(20)12-5-6-14(22)15(23)9-12/h4-9,13H,10H2,1-3H3. The zero-order valence-corrected chi connectivity index (χ0v) is 17.3. The molecular weight excluding hydrogens is 414 g/mol. The third-order valence-corrected chi connectivity index (χ3v) is 6.27. The van der Waals surface area contributed by atoms with Crippen LogP contribution in [0.15, 0.2) is 41.2 Å². The summed E-state index contributed by atoms with van der Waals surface area (Å²) in [4.78, 5) is 27.3. The normalized spacial score (nSPS) is 15.8. The van der Waals surface area contributed by atoms with Gasteiger partial charge in [-0.15, -0.1) is 0 Å². The minimum absolute atomic E-state index is 0.0570. The van der Waals surface area contributed by atoms with Crippen LogP contribution in [0.1, 0.15) is 22.8 Å². The Morgan fingerprint density at radius 3 is 2.40 bits per heavy atom. The summed E-state index contributed by atoms with van der Waals surface area (Å²) in [6, 6.07) is 8.57. The Bertz CT molecular complexity index is 1200. The first-order valence-electron chi connectivity index (χ1n) is 9.05. The molecule has 1 atom stereocenters. The van der Waals surface area contributed by atoms with Crippen LogP contribution in [0.4, 0.5) is 20.3 Å². The Kier molecular flexibility index (Phi) is 5.07. The summed E-state index contributed by atoms with van der Waals surface area (Å²) < 4.78 is 39.2. The van der Waals surface area contributed by atoms with Gasteiger partial charge >= 0.3 is 4.87 Å². The number of aromatic nitrogens is 1. The van der Waals surface area contributed by atoms with Gasteiger partial charge in [0.15, 0.2) is 23.1 Å². The van der Waals surface area contributed by atoms with E-state index in [9.17, 15) is 18.4 Å². The number of carbonyl (C=O) groups is 1. The maximum absolute atomic E-state index is 13.8. The van der Waals surface area contributed by atoms with Crippen LogP contribution in [0, 0.1) is 11.6 Å². The number of amides is 1. The van der Waals surface area contributed by atoms with E-state index in [2.05, 4.69) is 0 Å². The third-order valence-electron chi connectivity index (χ3n) is 5.14. The molecule has 0 aliphatic carbocycles. The van der Waals surface area contributed by atoms with E-state index in [4.69, 9.17) is 9.47 Å². The average molecular weight is 432 g/mol. The third kappa shape index (κ3) is 3.15. The first-order chi connectivity index (χ1) is 14.3. The van der Waals surface area contributed by atoms with E-state index >= 15 is 0 Å². The predicted octanol–water partition coefficient (Wildman–Crippen LogP) is 3.94. The Labute approximate surface area is 174 Å². The first kappa shape index (κ1) is 20.1. The summed E-state index contributed by atoms with van der Waals surface area (Å²) in [5.74, 6) is -1.37. The molecule has 0 saturated heterocycles. The van der Waals surface area contributed by atoms with Crippen molar-refractivity contribution in [2.75, 3.05) is 19.1 Å². The second-order valence-corrected chi connectivity index (χ2v) is 7.81. The molecule has 3 aromatic rings. The molecule has 9 heteroatoms. The van der Waals surface area contributed by atoms with Gasteiger partial charge in [0.1, 0.15) is 5.82 Å². The van der Waals surface area contributed by atoms with Crippen molar-refractivity contribution < 1.29 is 23.0 Å². The summed E-state index contributed by atoms with van der Waals surface area (Å²) in [5, 5.41) is 0. The summed E-state index contributed by atoms with van der Waals surface area (Å²) in [7, 11) is 4.60. The maximum atomic E-state index is 13.8. The first-order valence-corrected chi connectivity index (χ1v) is 9.87. The molecule has 2 aromatic carbocycles. The fourth-order valence-electron chi connectivity index (χ4n) is 3.65. The Morgan fingerprint density at radius 2 is 1.73 bits per heavy atom. The van der Waals surface area contributed by atoms with Gasteiger partial charge in [-0.1, -0.05) is 17.4 Å². The van der Waals surface area contributed by atoms with Gasteiger partial charge in [0.25, 0.3) is 0 Å². The average Bonchev–Trinajstić information content (AvgIpc) is 3.03. The lowest BCUT2D eigenvalue weighted by Crippen LogP contribution is -2.34. The molecule has 2 heterocycles. The van der Waals surface area contributed by atoms with Gasteiger partial charge in [-0.05, 0) is 29.8 Å². The smallest absolute Gasteiger partial charge is 0.308 e. The lowest BCUT2D eigenvalue weighted by molar-refractivity contribution is -0.118. The second kappa shape index (κ2) is 7.56. The Balaban J connectivity index is 1.87. The van der Waals surface area contributed by atoms with Crippen molar-refractivity contribution in [3.63, 3.8) is 0 Å². The van der Waals surface area contributed by atoms with E-state index in [0.717, 1.165) is 29.0 Å². The molecule has 1 aliphatic rings. The van der Waals surface area contributed by atoms with Crippen molar-refractivity contribution in [2.24, 2.45) is 7.05 Å². The van der Waals surface area contributed by atoms with Crippen LogP contribution in [0.25, 0.3) is 0 Å². The zero-order chi connectivity index (χ0) is 21.6. The number of benzene rings is 2. The minimum atomic E-state index is -1.07. The fourth-order valence-corrected chi connectivity index (χ4v) is 4.75. The predicted molar refractivity (Wildman–Crippen MR) is 109 cm³/mol. The molecule has 0 saturated carbocycles. The number of fused-ring (bicyclic) bond motifs is 1. The number of anilines is 2. The highest BCUT2D eigenvalue weighted by Gasteiger charge is 2.37. The molecular formula is C21H18F2N2O4S. The zero-order valence-electron chi connectivity index (χ0n) is 16.4. The molecule has 1 amide bonds. The number of rotatable bonds is 4. The summed E-state index contributed by atoms with van der Waals surface area (Å²) in [6.45, 7) is 0. The SMILES string of the molecule is COc1ccc(C2CC(=O)N(c3ccc(F)c(F)c3)c3c2sc(=O)n3C)cc1OC. The number of hydrogen-bond acceptors (Lipinski definition) is 5. The van der Waals surface area contributed by atoms with Crippen LogP contribution in [0.2, 0.25) is 0 Å². The van der Waals surface area contributed by atoms with Gasteiger partial charge < -0.3 is 9.47 Å². The largest absolute Gasteiger partial charge is 0.493 e. The number of nitrogens with zero attached hydrogens (tertiary/aromatic N) is 2. The molecule has 0 N–H and O–H groups in total. The van der Waals surface area contributed by atoms with Crippen LogP contribution in [0.3, 0.4) is 0 Å². The van der Waals surface area contributed by atoms with Crippen molar-refractivity contribution in [1.29, 1.82) is 0 Å². The summed E-state index contributed by atoms with van der Waals surface area (Å²) >= 11 is 1.02. The number of carbonyl (C=O) groups excluding carboxylic acids is 1. The van der Waals surface area contributed by atoms with Crippen LogP contribution >= 0.6 is 11.3 Å². The van der Waals surface area contributed by atoms with E-state index in [0.29, 0.717) is 22.2 Å². The topological polar surface area (TPSA) is 60.8 Å². The Hall–Kier alpha value is -3.20. The molecule has 30 heavy (non-hydrogen) atoms. The Morgan fingerprint density at radius 1 is 1.00 bits per heavy atom. The van der Waals surface area contributed by atoms with E-state index in [1.165, 1.54) is 29.8 Å². The van der Waals surface area contributed by atoms with Crippen LogP contribution < -0.4 is 19.2 Å². The highest BCUT2D eigenvalue weighted by atomic mass is 32.1. The van der Waals surface area contributed by atoms with E-state index in [1.54, 1.807) is 19.2 Å². The molecule has 4 rings (SSSR count). The molecule has 6 nitrogen and oxygen atoms in total. The van der Waals surface area contributed by atoms with Crippen molar-refractivity contribution in [1.82, 2.24) is 4.57 Å². The highest BCUT2D eigenvalue weighted by molar-refractivity contribution is 7.10. The number of hydrogen-bond donors (Lipinski definition) is 0. The van der Waals surface area contributed by atoms with Gasteiger partial charge in [0, 0.05) is 25.5 Å². The maximum Gasteiger partial charge on any atom is 0.308 e. The van der Waals surface area contributed by atoms with E-state index in [-0.39, 0.29) is 28.8 Å². The highest BCUT2D eigenvalue weighted by Crippen LogP contribution is 2.45. The minimum Gasteiger partial charge on any atom is -0.493 e. The molecule has 1 aliphatic heterocycles. The van der Waals surface area contributed by atoms with Crippen molar-refractivity contribution in [2.45, 2.75) is 12.3 Å². The quantitative estimate of drug-likeness (QED) is 0.627. The van der Waals surface area contributed by atoms with Crippen LogP contribution in [0.5, 0.6) is 11.5 Å². The van der Waals surface area contributed by atoms with Crippen LogP contribution in [-0.2, 0) is 11.8 Å². The van der Waals surface area contributed by atoms with E-state index < -0.39 is 11.6 Å². The van der Waals surface area contributed by atoms with Gasteiger partial charge in [0.2, 0.25) is 5.91 Å². The van der Waals surface area contributed by atoms with Gasteiger partial charge in [-0.3, -0.25) is 19.1 Å². The van der Waals surface area contributed by atoms with Crippen molar-refractivity contribution in [3.05, 3.63) is 68.1 Å². The lowest BCUT2D eigenvalue weighted by atomic mass is 9.90. The number of thiazole rings is 1. The molecule has 0 spiro atoms. The fraction of sp³-hybridized carbons (Fsp3) is 0.238. The van der Waals surface area contributed by atoms with Crippen molar-refractivity contribution in [3.8, 4) is 11.5 Å². The molecule has 0 fully saturated rings. The molecule has 0 radical (unpaired) electrons. The number of halogens is 2. The molecule has 0 bridgehead atoms. The van der Waals surface area contributed by atoms with Crippen LogP contribution in [-0.4, -0.2) is 24.7 Å². The molecule has 1 unspecified atom stereocenters. The molecule has 156 valence electrons. The number of ether oxygens (including phenoxy) is 2. The van der Waals surface area contributed by atoms with Crippen molar-refractivity contribution >= 4 is 28.7 Å².